The molecule has 1 aliphatic carbocycles. The van der Waals surface area contributed by atoms with Gasteiger partial charge in [-0.1, -0.05) is 30.6 Å². The van der Waals surface area contributed by atoms with Crippen LogP contribution in [-0.2, 0) is 0 Å². The molecule has 22 heavy (non-hydrogen) atoms. The van der Waals surface area contributed by atoms with Crippen LogP contribution in [0.1, 0.15) is 53.9 Å². The van der Waals surface area contributed by atoms with Crippen LogP contribution in [0.2, 0.25) is 0 Å². The molecule has 0 saturated heterocycles. The lowest BCUT2D eigenvalue weighted by Gasteiger charge is -2.30. The first-order chi connectivity index (χ1) is 10.5. The number of aryl methyl sites for hydroxylation is 1. The lowest BCUT2D eigenvalue weighted by atomic mass is 9.82. The lowest BCUT2D eigenvalue weighted by Crippen LogP contribution is -2.41. The SMILES string of the molecule is Cc1nc(N(C)C)sc1C(=O)NC(CCO)C1CCCCC1. The van der Waals surface area contributed by atoms with Crippen molar-refractivity contribution >= 4 is 22.4 Å². The second-order valence-corrected chi connectivity index (χ2v) is 7.27. The van der Waals surface area contributed by atoms with Crippen molar-refractivity contribution in [3.05, 3.63) is 10.6 Å². The molecule has 1 heterocycles. The highest BCUT2D eigenvalue weighted by Crippen LogP contribution is 2.29. The van der Waals surface area contributed by atoms with E-state index in [1.54, 1.807) is 0 Å². The van der Waals surface area contributed by atoms with Crippen LogP contribution >= 0.6 is 11.3 Å². The van der Waals surface area contributed by atoms with Crippen molar-refractivity contribution in [1.82, 2.24) is 10.3 Å². The minimum absolute atomic E-state index is 0.0490. The van der Waals surface area contributed by atoms with E-state index in [1.807, 2.05) is 25.9 Å². The first kappa shape index (κ1) is 17.2. The highest BCUT2D eigenvalue weighted by molar-refractivity contribution is 7.17. The average Bonchev–Trinajstić information content (AvgIpc) is 2.90. The molecular weight excluding hydrogens is 298 g/mol. The molecule has 124 valence electrons. The van der Waals surface area contributed by atoms with Gasteiger partial charge in [0.25, 0.3) is 5.91 Å². The van der Waals surface area contributed by atoms with E-state index in [-0.39, 0.29) is 18.6 Å². The smallest absolute Gasteiger partial charge is 0.263 e. The maximum atomic E-state index is 12.6. The first-order valence-corrected chi connectivity index (χ1v) is 8.91. The van der Waals surface area contributed by atoms with Gasteiger partial charge in [0.1, 0.15) is 4.88 Å². The second kappa shape index (κ2) is 7.92. The number of carbonyl (C=O) groups is 1. The van der Waals surface area contributed by atoms with Crippen molar-refractivity contribution < 1.29 is 9.90 Å². The number of thiazole rings is 1. The Morgan fingerprint density at radius 2 is 2.09 bits per heavy atom. The molecule has 1 unspecified atom stereocenters. The fraction of sp³-hybridized carbons (Fsp3) is 0.750. The Labute approximate surface area is 136 Å². The molecule has 1 aromatic heterocycles. The summed E-state index contributed by atoms with van der Waals surface area (Å²) in [5.74, 6) is 0.443. The Morgan fingerprint density at radius 1 is 1.41 bits per heavy atom. The maximum absolute atomic E-state index is 12.6. The zero-order valence-electron chi connectivity index (χ0n) is 13.8. The predicted molar refractivity (Wildman–Crippen MR) is 90.7 cm³/mol. The molecule has 0 aromatic carbocycles. The van der Waals surface area contributed by atoms with Gasteiger partial charge in [0.15, 0.2) is 5.13 Å². The number of nitrogens with zero attached hydrogens (tertiary/aromatic N) is 2. The summed E-state index contributed by atoms with van der Waals surface area (Å²) in [5.41, 5.74) is 0.776. The van der Waals surface area contributed by atoms with Crippen molar-refractivity contribution in [2.24, 2.45) is 5.92 Å². The highest BCUT2D eigenvalue weighted by atomic mass is 32.1. The Morgan fingerprint density at radius 3 is 2.64 bits per heavy atom. The molecule has 0 aliphatic heterocycles. The van der Waals surface area contributed by atoms with E-state index in [0.29, 0.717) is 17.2 Å². The van der Waals surface area contributed by atoms with Crippen LogP contribution < -0.4 is 10.2 Å². The molecule has 1 amide bonds. The highest BCUT2D eigenvalue weighted by Gasteiger charge is 2.26. The number of hydrogen-bond acceptors (Lipinski definition) is 5. The second-order valence-electron chi connectivity index (χ2n) is 6.30. The van der Waals surface area contributed by atoms with Gasteiger partial charge in [0, 0.05) is 26.7 Å². The van der Waals surface area contributed by atoms with Crippen molar-refractivity contribution in [2.45, 2.75) is 51.5 Å². The van der Waals surface area contributed by atoms with E-state index in [2.05, 4.69) is 10.3 Å². The van der Waals surface area contributed by atoms with Gasteiger partial charge in [-0.05, 0) is 32.1 Å². The Kier molecular flexibility index (Phi) is 6.20. The van der Waals surface area contributed by atoms with Gasteiger partial charge in [-0.2, -0.15) is 0 Å². The van der Waals surface area contributed by atoms with Crippen LogP contribution in [-0.4, -0.2) is 42.7 Å². The van der Waals surface area contributed by atoms with Crippen LogP contribution in [0.15, 0.2) is 0 Å². The van der Waals surface area contributed by atoms with Crippen molar-refractivity contribution in [3.63, 3.8) is 0 Å². The van der Waals surface area contributed by atoms with Crippen molar-refractivity contribution in [1.29, 1.82) is 0 Å². The third-order valence-electron chi connectivity index (χ3n) is 4.35. The van der Waals surface area contributed by atoms with E-state index in [0.717, 1.165) is 23.7 Å². The third-order valence-corrected chi connectivity index (χ3v) is 5.67. The largest absolute Gasteiger partial charge is 0.396 e. The molecule has 1 aliphatic rings. The van der Waals surface area contributed by atoms with E-state index in [1.165, 1.54) is 30.6 Å². The summed E-state index contributed by atoms with van der Waals surface area (Å²) in [4.78, 5) is 19.6. The summed E-state index contributed by atoms with van der Waals surface area (Å²) in [7, 11) is 3.85. The normalized spacial score (nSPS) is 17.3. The van der Waals surface area contributed by atoms with Gasteiger partial charge in [-0.3, -0.25) is 4.79 Å². The van der Waals surface area contributed by atoms with Gasteiger partial charge in [-0.15, -0.1) is 0 Å². The van der Waals surface area contributed by atoms with E-state index in [4.69, 9.17) is 0 Å². The van der Waals surface area contributed by atoms with Crippen molar-refractivity contribution in [2.75, 3.05) is 25.6 Å². The number of hydrogen-bond donors (Lipinski definition) is 2. The Bertz CT molecular complexity index is 496. The van der Waals surface area contributed by atoms with Gasteiger partial charge in [0.2, 0.25) is 0 Å². The summed E-state index contributed by atoms with van der Waals surface area (Å²) in [6.07, 6.45) is 6.68. The number of aliphatic hydroxyl groups is 1. The quantitative estimate of drug-likeness (QED) is 0.844. The van der Waals surface area contributed by atoms with Crippen LogP contribution in [0.5, 0.6) is 0 Å². The molecule has 5 nitrogen and oxygen atoms in total. The minimum Gasteiger partial charge on any atom is -0.396 e. The summed E-state index contributed by atoms with van der Waals surface area (Å²) >= 11 is 1.42. The maximum Gasteiger partial charge on any atom is 0.263 e. The third kappa shape index (κ3) is 4.20. The van der Waals surface area contributed by atoms with E-state index in [9.17, 15) is 9.90 Å². The van der Waals surface area contributed by atoms with E-state index >= 15 is 0 Å². The Balaban J connectivity index is 2.06. The average molecular weight is 325 g/mol. The minimum atomic E-state index is -0.0490. The predicted octanol–water partition coefficient (Wildman–Crippen LogP) is 2.58. The summed E-state index contributed by atoms with van der Waals surface area (Å²) in [5, 5.41) is 13.3. The molecule has 1 fully saturated rings. The molecule has 2 N–H and O–H groups in total. The van der Waals surface area contributed by atoms with Crippen LogP contribution in [0, 0.1) is 12.8 Å². The number of nitrogens with one attached hydrogen (secondary N) is 1. The molecule has 1 saturated carbocycles. The molecule has 2 rings (SSSR count). The fourth-order valence-electron chi connectivity index (χ4n) is 3.12. The fourth-order valence-corrected chi connectivity index (χ4v) is 4.01. The monoisotopic (exact) mass is 325 g/mol. The van der Waals surface area contributed by atoms with E-state index < -0.39 is 0 Å². The van der Waals surface area contributed by atoms with Crippen molar-refractivity contribution in [3.8, 4) is 0 Å². The summed E-state index contributed by atoms with van der Waals surface area (Å²) in [6.45, 7) is 1.99. The molecule has 1 aromatic rings. The van der Waals surface area contributed by atoms with Crippen LogP contribution in [0.25, 0.3) is 0 Å². The van der Waals surface area contributed by atoms with Gasteiger partial charge < -0.3 is 15.3 Å². The Hall–Kier alpha value is -1.14. The first-order valence-electron chi connectivity index (χ1n) is 8.09. The number of carbonyl (C=O) groups excluding carboxylic acids is 1. The number of rotatable bonds is 6. The van der Waals surface area contributed by atoms with Gasteiger partial charge in [-0.25, -0.2) is 4.98 Å². The van der Waals surface area contributed by atoms with Crippen LogP contribution in [0.3, 0.4) is 0 Å². The molecule has 6 heteroatoms. The molecular formula is C16H27N3O2S. The zero-order valence-corrected chi connectivity index (χ0v) is 14.6. The molecule has 0 radical (unpaired) electrons. The summed E-state index contributed by atoms with van der Waals surface area (Å²) < 4.78 is 0. The number of aromatic nitrogens is 1. The van der Waals surface area contributed by atoms with Gasteiger partial charge >= 0.3 is 0 Å². The molecule has 0 bridgehead atoms. The lowest BCUT2D eigenvalue weighted by molar-refractivity contribution is 0.0903. The number of amides is 1. The standard InChI is InChI=1S/C16H27N3O2S/c1-11-14(22-16(17-11)19(2)3)15(21)18-13(9-10-20)12-7-5-4-6-8-12/h12-13,20H,4-10H2,1-3H3,(H,18,21). The van der Waals surface area contributed by atoms with Crippen LogP contribution in [0.4, 0.5) is 5.13 Å². The number of anilines is 1. The number of aliphatic hydroxyl groups excluding tert-OH is 1. The zero-order chi connectivity index (χ0) is 16.1. The molecule has 0 spiro atoms. The summed E-state index contributed by atoms with van der Waals surface area (Å²) in [6, 6.07) is 0.0714. The van der Waals surface area contributed by atoms with Gasteiger partial charge in [0.05, 0.1) is 5.69 Å². The molecule has 1 atom stereocenters. The topological polar surface area (TPSA) is 65.5 Å².